The van der Waals surface area contributed by atoms with Crippen LogP contribution in [0.25, 0.3) is 10.8 Å². The van der Waals surface area contributed by atoms with Gasteiger partial charge in [0, 0.05) is 17.0 Å². The summed E-state index contributed by atoms with van der Waals surface area (Å²) < 4.78 is 0. The van der Waals surface area contributed by atoms with E-state index in [0.29, 0.717) is 6.54 Å². The normalized spacial score (nSPS) is 13.0. The van der Waals surface area contributed by atoms with Gasteiger partial charge >= 0.3 is 0 Å². The van der Waals surface area contributed by atoms with Gasteiger partial charge in [-0.2, -0.15) is 0 Å². The van der Waals surface area contributed by atoms with E-state index in [-0.39, 0.29) is 0 Å². The minimum atomic E-state index is -0.481. The van der Waals surface area contributed by atoms with Crippen LogP contribution in [0.5, 0.6) is 0 Å². The SMILES string of the molecule is CCCN(CCC)C[C@@H](O)c1ccc(Cl)c2ccccc12. The summed E-state index contributed by atoms with van der Waals surface area (Å²) in [5.41, 5.74) is 0.965. The Morgan fingerprint density at radius 1 is 1.00 bits per heavy atom. The monoisotopic (exact) mass is 305 g/mol. The predicted octanol–water partition coefficient (Wildman–Crippen LogP) is 4.65. The number of fused-ring (bicyclic) bond motifs is 1. The number of halogens is 1. The van der Waals surface area contributed by atoms with Gasteiger partial charge in [0.25, 0.3) is 0 Å². The summed E-state index contributed by atoms with van der Waals surface area (Å²) in [5.74, 6) is 0. The zero-order chi connectivity index (χ0) is 15.2. The lowest BCUT2D eigenvalue weighted by Crippen LogP contribution is -2.30. The van der Waals surface area contributed by atoms with Crippen molar-refractivity contribution in [2.24, 2.45) is 0 Å². The molecule has 1 N–H and O–H groups in total. The summed E-state index contributed by atoms with van der Waals surface area (Å²) >= 11 is 6.25. The highest BCUT2D eigenvalue weighted by atomic mass is 35.5. The Bertz CT molecular complexity index is 578. The second-order valence-electron chi connectivity index (χ2n) is 5.50. The van der Waals surface area contributed by atoms with Gasteiger partial charge < -0.3 is 10.0 Å². The molecule has 114 valence electrons. The van der Waals surface area contributed by atoms with Gasteiger partial charge in [0.1, 0.15) is 0 Å². The molecule has 3 heteroatoms. The Labute approximate surface area is 132 Å². The quantitative estimate of drug-likeness (QED) is 0.805. The van der Waals surface area contributed by atoms with Crippen LogP contribution in [0.15, 0.2) is 36.4 Å². The van der Waals surface area contributed by atoms with E-state index < -0.39 is 6.10 Å². The number of nitrogens with zero attached hydrogens (tertiary/aromatic N) is 1. The Morgan fingerprint density at radius 3 is 2.24 bits per heavy atom. The summed E-state index contributed by atoms with van der Waals surface area (Å²) in [6.07, 6.45) is 1.73. The molecule has 0 spiro atoms. The van der Waals surface area contributed by atoms with Crippen LogP contribution in [0.3, 0.4) is 0 Å². The lowest BCUT2D eigenvalue weighted by atomic mass is 10.00. The first-order chi connectivity index (χ1) is 10.2. The molecular formula is C18H24ClNO. The molecule has 0 unspecified atom stereocenters. The Kier molecular flexibility index (Phi) is 6.04. The van der Waals surface area contributed by atoms with Crippen molar-refractivity contribution in [3.05, 3.63) is 47.0 Å². The highest BCUT2D eigenvalue weighted by Crippen LogP contribution is 2.30. The van der Waals surface area contributed by atoms with E-state index in [2.05, 4.69) is 18.7 Å². The number of rotatable bonds is 7. The molecule has 0 fully saturated rings. The zero-order valence-corrected chi connectivity index (χ0v) is 13.6. The molecule has 2 rings (SSSR count). The highest BCUT2D eigenvalue weighted by molar-refractivity contribution is 6.35. The van der Waals surface area contributed by atoms with Crippen LogP contribution in [0.1, 0.15) is 38.4 Å². The van der Waals surface area contributed by atoms with Crippen molar-refractivity contribution >= 4 is 22.4 Å². The molecule has 0 aliphatic rings. The average Bonchev–Trinajstić information content (AvgIpc) is 2.48. The van der Waals surface area contributed by atoms with Gasteiger partial charge in [-0.1, -0.05) is 55.8 Å². The topological polar surface area (TPSA) is 23.5 Å². The van der Waals surface area contributed by atoms with Gasteiger partial charge in [0.05, 0.1) is 6.10 Å². The van der Waals surface area contributed by atoms with E-state index in [4.69, 9.17) is 11.6 Å². The van der Waals surface area contributed by atoms with Gasteiger partial charge in [-0.15, -0.1) is 0 Å². The Hall–Kier alpha value is -1.09. The largest absolute Gasteiger partial charge is 0.387 e. The molecule has 1 atom stereocenters. The van der Waals surface area contributed by atoms with Crippen LogP contribution < -0.4 is 0 Å². The predicted molar refractivity (Wildman–Crippen MR) is 90.9 cm³/mol. The fourth-order valence-corrected chi connectivity index (χ4v) is 3.07. The number of hydrogen-bond acceptors (Lipinski definition) is 2. The van der Waals surface area contributed by atoms with Crippen LogP contribution in [0, 0.1) is 0 Å². The third-order valence-corrected chi connectivity index (χ3v) is 4.10. The standard InChI is InChI=1S/C18H24ClNO/c1-3-11-20(12-4-2)13-18(21)16-9-10-17(19)15-8-6-5-7-14(15)16/h5-10,18,21H,3-4,11-13H2,1-2H3/t18-/m1/s1. The van der Waals surface area contributed by atoms with Crippen molar-refractivity contribution in [1.29, 1.82) is 0 Å². The first-order valence-electron chi connectivity index (χ1n) is 7.75. The fraction of sp³-hybridized carbons (Fsp3) is 0.444. The van der Waals surface area contributed by atoms with Crippen molar-refractivity contribution in [3.63, 3.8) is 0 Å². The average molecular weight is 306 g/mol. The summed E-state index contributed by atoms with van der Waals surface area (Å²) in [5, 5.41) is 13.4. The molecule has 0 radical (unpaired) electrons. The molecule has 0 amide bonds. The summed E-state index contributed by atoms with van der Waals surface area (Å²) in [7, 11) is 0. The van der Waals surface area contributed by atoms with E-state index in [1.54, 1.807) is 0 Å². The minimum Gasteiger partial charge on any atom is -0.387 e. The van der Waals surface area contributed by atoms with Gasteiger partial charge in [-0.25, -0.2) is 0 Å². The molecule has 2 aromatic carbocycles. The van der Waals surface area contributed by atoms with Crippen molar-refractivity contribution in [1.82, 2.24) is 4.90 Å². The van der Waals surface area contributed by atoms with Crippen molar-refractivity contribution in [2.75, 3.05) is 19.6 Å². The van der Waals surface area contributed by atoms with E-state index >= 15 is 0 Å². The van der Waals surface area contributed by atoms with Crippen molar-refractivity contribution in [2.45, 2.75) is 32.8 Å². The van der Waals surface area contributed by atoms with Crippen molar-refractivity contribution in [3.8, 4) is 0 Å². The van der Waals surface area contributed by atoms with Crippen LogP contribution in [-0.2, 0) is 0 Å². The zero-order valence-electron chi connectivity index (χ0n) is 12.8. The van der Waals surface area contributed by atoms with E-state index in [1.807, 2.05) is 36.4 Å². The molecular weight excluding hydrogens is 282 g/mol. The Balaban J connectivity index is 2.26. The second kappa shape index (κ2) is 7.79. The number of aliphatic hydroxyl groups is 1. The summed E-state index contributed by atoms with van der Waals surface area (Å²) in [6, 6.07) is 11.8. The number of benzene rings is 2. The van der Waals surface area contributed by atoms with Gasteiger partial charge in [0.15, 0.2) is 0 Å². The maximum Gasteiger partial charge on any atom is 0.0922 e. The molecule has 0 aromatic heterocycles. The van der Waals surface area contributed by atoms with Crippen molar-refractivity contribution < 1.29 is 5.11 Å². The van der Waals surface area contributed by atoms with E-state index in [9.17, 15) is 5.11 Å². The number of hydrogen-bond donors (Lipinski definition) is 1. The molecule has 0 saturated carbocycles. The van der Waals surface area contributed by atoms with E-state index in [0.717, 1.165) is 47.3 Å². The maximum atomic E-state index is 10.6. The summed E-state index contributed by atoms with van der Waals surface area (Å²) in [6.45, 7) is 7.07. The molecule has 0 heterocycles. The lowest BCUT2D eigenvalue weighted by molar-refractivity contribution is 0.114. The first-order valence-corrected chi connectivity index (χ1v) is 8.12. The fourth-order valence-electron chi connectivity index (χ4n) is 2.85. The number of aliphatic hydroxyl groups excluding tert-OH is 1. The Morgan fingerprint density at radius 2 is 1.62 bits per heavy atom. The third kappa shape index (κ3) is 3.97. The first kappa shape index (κ1) is 16.3. The molecule has 2 aromatic rings. The van der Waals surface area contributed by atoms with Crippen LogP contribution in [0.2, 0.25) is 5.02 Å². The third-order valence-electron chi connectivity index (χ3n) is 3.77. The van der Waals surface area contributed by atoms with Gasteiger partial charge in [-0.3, -0.25) is 0 Å². The van der Waals surface area contributed by atoms with Crippen LogP contribution >= 0.6 is 11.6 Å². The molecule has 0 aliphatic carbocycles. The molecule has 0 saturated heterocycles. The smallest absolute Gasteiger partial charge is 0.0922 e. The second-order valence-corrected chi connectivity index (χ2v) is 5.91. The molecule has 2 nitrogen and oxygen atoms in total. The highest BCUT2D eigenvalue weighted by Gasteiger charge is 2.15. The van der Waals surface area contributed by atoms with Crippen LogP contribution in [0.4, 0.5) is 0 Å². The van der Waals surface area contributed by atoms with E-state index in [1.165, 1.54) is 0 Å². The van der Waals surface area contributed by atoms with Crippen LogP contribution in [-0.4, -0.2) is 29.6 Å². The molecule has 0 bridgehead atoms. The lowest BCUT2D eigenvalue weighted by Gasteiger charge is -2.25. The molecule has 0 aliphatic heterocycles. The van der Waals surface area contributed by atoms with Gasteiger partial charge in [-0.05, 0) is 42.9 Å². The summed E-state index contributed by atoms with van der Waals surface area (Å²) in [4.78, 5) is 2.33. The van der Waals surface area contributed by atoms with Gasteiger partial charge in [0.2, 0.25) is 0 Å². The maximum absolute atomic E-state index is 10.6. The molecule has 21 heavy (non-hydrogen) atoms. The minimum absolute atomic E-state index is 0.481.